The van der Waals surface area contributed by atoms with E-state index in [9.17, 15) is 14.0 Å². The summed E-state index contributed by atoms with van der Waals surface area (Å²) in [7, 11) is 0. The lowest BCUT2D eigenvalue weighted by Gasteiger charge is -2.09. The minimum absolute atomic E-state index is 0.118. The van der Waals surface area contributed by atoms with Gasteiger partial charge in [0.2, 0.25) is 0 Å². The second-order valence-corrected chi connectivity index (χ2v) is 7.34. The van der Waals surface area contributed by atoms with Crippen molar-refractivity contribution in [2.75, 3.05) is 0 Å². The van der Waals surface area contributed by atoms with E-state index in [1.165, 1.54) is 30.5 Å². The molecule has 0 bridgehead atoms. The maximum atomic E-state index is 13.9. The van der Waals surface area contributed by atoms with Crippen LogP contribution in [0, 0.1) is 17.1 Å². The summed E-state index contributed by atoms with van der Waals surface area (Å²) in [6, 6.07) is 16.9. The molecule has 32 heavy (non-hydrogen) atoms. The van der Waals surface area contributed by atoms with Gasteiger partial charge in [0.25, 0.3) is 5.91 Å². The molecule has 2 N–H and O–H groups in total. The van der Waals surface area contributed by atoms with Crippen LogP contribution >= 0.6 is 15.9 Å². The highest BCUT2D eigenvalue weighted by Gasteiger charge is 2.11. The van der Waals surface area contributed by atoms with E-state index in [1.54, 1.807) is 36.4 Å². The normalized spacial score (nSPS) is 10.5. The van der Waals surface area contributed by atoms with Crippen LogP contribution in [0.2, 0.25) is 0 Å². The molecule has 0 atom stereocenters. The summed E-state index contributed by atoms with van der Waals surface area (Å²) in [4.78, 5) is 22.9. The number of carboxylic acids is 1. The van der Waals surface area contributed by atoms with Crippen LogP contribution in [0.5, 0.6) is 5.75 Å². The van der Waals surface area contributed by atoms with Crippen molar-refractivity contribution in [2.24, 2.45) is 5.10 Å². The number of carbonyl (C=O) groups excluding carboxylic acids is 1. The first-order valence-electron chi connectivity index (χ1n) is 9.15. The largest absolute Gasteiger partial charge is 0.488 e. The third kappa shape index (κ3) is 5.77. The van der Waals surface area contributed by atoms with Gasteiger partial charge in [-0.25, -0.2) is 14.6 Å². The Morgan fingerprint density at radius 3 is 2.53 bits per heavy atom. The summed E-state index contributed by atoms with van der Waals surface area (Å²) < 4.78 is 20.3. The number of carboxylic acid groups (broad SMARTS) is 1. The predicted octanol–water partition coefficient (Wildman–Crippen LogP) is 4.50. The number of hydrazone groups is 1. The number of benzene rings is 3. The van der Waals surface area contributed by atoms with Gasteiger partial charge in [0.05, 0.1) is 33.4 Å². The van der Waals surface area contributed by atoms with Crippen molar-refractivity contribution in [3.63, 3.8) is 0 Å². The highest BCUT2D eigenvalue weighted by molar-refractivity contribution is 9.10. The van der Waals surface area contributed by atoms with E-state index in [4.69, 9.17) is 15.1 Å². The number of hydrogen-bond acceptors (Lipinski definition) is 5. The van der Waals surface area contributed by atoms with Crippen molar-refractivity contribution in [2.45, 2.75) is 6.61 Å². The number of hydrogen-bond donors (Lipinski definition) is 2. The molecule has 7 nitrogen and oxygen atoms in total. The lowest BCUT2D eigenvalue weighted by molar-refractivity contribution is 0.0696. The molecule has 3 aromatic carbocycles. The zero-order valence-electron chi connectivity index (χ0n) is 16.4. The van der Waals surface area contributed by atoms with Gasteiger partial charge in [-0.3, -0.25) is 4.79 Å². The maximum absolute atomic E-state index is 13.9. The predicted molar refractivity (Wildman–Crippen MR) is 118 cm³/mol. The van der Waals surface area contributed by atoms with Crippen molar-refractivity contribution >= 4 is 34.0 Å². The molecule has 0 aliphatic carbocycles. The second kappa shape index (κ2) is 10.3. The molecular weight excluding hydrogens is 481 g/mol. The van der Waals surface area contributed by atoms with E-state index >= 15 is 0 Å². The summed E-state index contributed by atoms with van der Waals surface area (Å²) in [5.41, 5.74) is 3.80. The van der Waals surface area contributed by atoms with E-state index in [1.807, 2.05) is 0 Å². The van der Waals surface area contributed by atoms with Gasteiger partial charge < -0.3 is 9.84 Å². The van der Waals surface area contributed by atoms with Crippen molar-refractivity contribution in [1.82, 2.24) is 5.43 Å². The Labute approximate surface area is 190 Å². The lowest BCUT2D eigenvalue weighted by atomic mass is 10.1. The fourth-order valence-corrected chi connectivity index (χ4v) is 3.12. The molecule has 9 heteroatoms. The van der Waals surface area contributed by atoms with Crippen LogP contribution in [0.3, 0.4) is 0 Å². The van der Waals surface area contributed by atoms with E-state index in [0.29, 0.717) is 15.8 Å². The number of nitrogens with one attached hydrogen (secondary N) is 1. The minimum atomic E-state index is -0.990. The molecule has 3 aromatic rings. The van der Waals surface area contributed by atoms with E-state index in [-0.39, 0.29) is 23.3 Å². The molecule has 0 spiro atoms. The van der Waals surface area contributed by atoms with Gasteiger partial charge in [0, 0.05) is 0 Å². The van der Waals surface area contributed by atoms with Crippen LogP contribution in [0.25, 0.3) is 0 Å². The molecule has 160 valence electrons. The first-order valence-corrected chi connectivity index (χ1v) is 9.94. The van der Waals surface area contributed by atoms with E-state index < -0.39 is 17.7 Å². The van der Waals surface area contributed by atoms with Crippen LogP contribution in [-0.4, -0.2) is 23.2 Å². The second-order valence-electron chi connectivity index (χ2n) is 6.49. The molecule has 0 heterocycles. The summed E-state index contributed by atoms with van der Waals surface area (Å²) in [6.07, 6.45) is 1.39. The van der Waals surface area contributed by atoms with Crippen molar-refractivity contribution < 1.29 is 23.8 Å². The monoisotopic (exact) mass is 495 g/mol. The molecule has 0 fully saturated rings. The average molecular weight is 496 g/mol. The van der Waals surface area contributed by atoms with Crippen LogP contribution in [-0.2, 0) is 6.61 Å². The zero-order valence-corrected chi connectivity index (χ0v) is 18.0. The van der Waals surface area contributed by atoms with Gasteiger partial charge in [-0.05, 0) is 75.6 Å². The Morgan fingerprint density at radius 1 is 1.16 bits per heavy atom. The number of carbonyl (C=O) groups is 2. The van der Waals surface area contributed by atoms with Crippen molar-refractivity contribution in [3.05, 3.63) is 98.8 Å². The fraction of sp³-hybridized carbons (Fsp3) is 0.0435. The van der Waals surface area contributed by atoms with Crippen molar-refractivity contribution in [3.8, 4) is 11.8 Å². The Morgan fingerprint density at radius 2 is 1.91 bits per heavy atom. The van der Waals surface area contributed by atoms with Crippen LogP contribution < -0.4 is 10.2 Å². The van der Waals surface area contributed by atoms with Crippen LogP contribution in [0.1, 0.15) is 37.4 Å². The smallest absolute Gasteiger partial charge is 0.335 e. The molecular formula is C23H15BrFN3O4. The first kappa shape index (κ1) is 22.7. The molecule has 0 unspecified atom stereocenters. The quantitative estimate of drug-likeness (QED) is 0.370. The summed E-state index contributed by atoms with van der Waals surface area (Å²) >= 11 is 3.40. The minimum Gasteiger partial charge on any atom is -0.488 e. The molecule has 0 radical (unpaired) electrons. The maximum Gasteiger partial charge on any atom is 0.335 e. The Kier molecular flexibility index (Phi) is 7.31. The number of nitriles is 1. The van der Waals surface area contributed by atoms with E-state index in [2.05, 4.69) is 26.5 Å². The molecule has 0 saturated carbocycles. The highest BCUT2D eigenvalue weighted by Crippen LogP contribution is 2.26. The standard InChI is InChI=1S/C23H15BrFN3O4/c24-19-9-16(12-27-28-22(29)18-7-3-15(11-26)10-20(18)25)4-8-21(19)32-13-14-1-5-17(6-2-14)23(30)31/h1-10,12H,13H2,(H,28,29)(H,30,31)/b27-12-. The lowest BCUT2D eigenvalue weighted by Crippen LogP contribution is -2.19. The first-order chi connectivity index (χ1) is 15.4. The number of aromatic carboxylic acids is 1. The third-order valence-electron chi connectivity index (χ3n) is 4.27. The average Bonchev–Trinajstić information content (AvgIpc) is 2.78. The van der Waals surface area contributed by atoms with Crippen LogP contribution in [0.15, 0.2) is 70.2 Å². The van der Waals surface area contributed by atoms with Gasteiger partial charge in [-0.1, -0.05) is 12.1 Å². The number of nitrogens with zero attached hydrogens (tertiary/aromatic N) is 2. The molecule has 1 amide bonds. The van der Waals surface area contributed by atoms with Gasteiger partial charge in [-0.15, -0.1) is 0 Å². The summed E-state index contributed by atoms with van der Waals surface area (Å²) in [5.74, 6) is -1.97. The molecule has 0 saturated heterocycles. The van der Waals surface area contributed by atoms with Gasteiger partial charge >= 0.3 is 5.97 Å². The number of halogens is 2. The number of ether oxygens (including phenoxy) is 1. The van der Waals surface area contributed by atoms with Crippen molar-refractivity contribution in [1.29, 1.82) is 5.26 Å². The fourth-order valence-electron chi connectivity index (χ4n) is 2.61. The van der Waals surface area contributed by atoms with Gasteiger partial charge in [0.15, 0.2) is 0 Å². The molecule has 0 aliphatic heterocycles. The summed E-state index contributed by atoms with van der Waals surface area (Å²) in [5, 5.41) is 21.5. The molecule has 0 aliphatic rings. The number of amides is 1. The molecule has 0 aromatic heterocycles. The summed E-state index contributed by atoms with van der Waals surface area (Å²) in [6.45, 7) is 0.248. The van der Waals surface area contributed by atoms with Crippen LogP contribution in [0.4, 0.5) is 4.39 Å². The molecule has 3 rings (SSSR count). The topological polar surface area (TPSA) is 112 Å². The van der Waals surface area contributed by atoms with Gasteiger partial charge in [0.1, 0.15) is 18.2 Å². The Bertz CT molecular complexity index is 1240. The highest BCUT2D eigenvalue weighted by atomic mass is 79.9. The van der Waals surface area contributed by atoms with E-state index in [0.717, 1.165) is 11.6 Å². The van der Waals surface area contributed by atoms with Gasteiger partial charge in [-0.2, -0.15) is 10.4 Å². The Balaban J connectivity index is 1.58. The zero-order chi connectivity index (χ0) is 23.1. The number of rotatable bonds is 7. The third-order valence-corrected chi connectivity index (χ3v) is 4.89. The SMILES string of the molecule is N#Cc1ccc(C(=O)N/N=C\c2ccc(OCc3ccc(C(=O)O)cc3)c(Br)c2)c(F)c1. The Hall–Kier alpha value is -4.03.